The van der Waals surface area contributed by atoms with E-state index in [9.17, 15) is 86.8 Å². The fraction of sp³-hybridized carbons (Fsp3) is 1.00. The summed E-state index contributed by atoms with van der Waals surface area (Å²) in [6.07, 6.45) is -34.5. The SMILES string of the molecule is CC(C)C1CC(OC2OC(CO)C(O)C(C)C2O)C(O)C(C)O1.CC(C)C1OC(CO)C(OC2OC(CO)C(O)C(OC3OCC(O)C(O)C3O)C2O)C(OC2OCC(O)C(O)C2O)C1O.CC(C)C1OCC(C)C(O)C1O. The highest BCUT2D eigenvalue weighted by atomic mass is 16.8. The summed E-state index contributed by atoms with van der Waals surface area (Å²) in [6.45, 7) is 14.7. The first kappa shape index (κ1) is 67.7. The summed E-state index contributed by atoms with van der Waals surface area (Å²) in [5, 5.41) is 173. The number of hydrogen-bond donors (Lipinski definition) is 17. The second-order valence-electron chi connectivity index (χ2n) is 22.7. The molecule has 0 aliphatic carbocycles. The molecule has 460 valence electrons. The van der Waals surface area contributed by atoms with Gasteiger partial charge in [-0.2, -0.15) is 0 Å². The Morgan fingerprint density at radius 1 is 0.385 bits per heavy atom. The number of rotatable bonds is 14. The van der Waals surface area contributed by atoms with Crippen LogP contribution in [0.1, 0.15) is 68.7 Å². The Bertz CT molecular complexity index is 1720. The average Bonchev–Trinajstić information content (AvgIpc) is 3.46. The maximum Gasteiger partial charge on any atom is 0.187 e. The molecule has 28 nitrogen and oxygen atoms in total. The number of hydrogen-bond acceptors (Lipinski definition) is 28. The van der Waals surface area contributed by atoms with Crippen molar-refractivity contribution in [3.63, 3.8) is 0 Å². The molecule has 31 unspecified atom stereocenters. The van der Waals surface area contributed by atoms with Crippen molar-refractivity contribution in [3.8, 4) is 0 Å². The zero-order valence-corrected chi connectivity index (χ0v) is 45.7. The molecule has 31 atom stereocenters. The molecule has 7 fully saturated rings. The van der Waals surface area contributed by atoms with Crippen LogP contribution in [0.2, 0.25) is 0 Å². The van der Waals surface area contributed by atoms with Gasteiger partial charge in [-0.15, -0.1) is 0 Å². The largest absolute Gasteiger partial charge is 0.394 e. The average molecular weight is 1140 g/mol. The van der Waals surface area contributed by atoms with Crippen LogP contribution in [0.15, 0.2) is 0 Å². The highest BCUT2D eigenvalue weighted by Crippen LogP contribution is 2.37. The van der Waals surface area contributed by atoms with Crippen molar-refractivity contribution in [3.05, 3.63) is 0 Å². The van der Waals surface area contributed by atoms with Gasteiger partial charge in [-0.05, 0) is 24.7 Å². The number of ether oxygens (including phenoxy) is 11. The summed E-state index contributed by atoms with van der Waals surface area (Å²) in [5.74, 6) is -0.253. The van der Waals surface area contributed by atoms with Crippen LogP contribution in [0.5, 0.6) is 0 Å². The van der Waals surface area contributed by atoms with Gasteiger partial charge in [0.2, 0.25) is 0 Å². The van der Waals surface area contributed by atoms with Crippen LogP contribution in [0, 0.1) is 29.6 Å². The van der Waals surface area contributed by atoms with E-state index in [0.717, 1.165) is 0 Å². The van der Waals surface area contributed by atoms with Gasteiger partial charge >= 0.3 is 0 Å². The Hall–Kier alpha value is -1.12. The zero-order chi connectivity index (χ0) is 58.4. The van der Waals surface area contributed by atoms with E-state index < -0.39 is 192 Å². The van der Waals surface area contributed by atoms with E-state index in [1.807, 2.05) is 34.6 Å². The minimum atomic E-state index is -1.88. The van der Waals surface area contributed by atoms with Crippen molar-refractivity contribution in [2.24, 2.45) is 29.6 Å². The van der Waals surface area contributed by atoms with Gasteiger partial charge in [-0.1, -0.05) is 55.4 Å². The lowest BCUT2D eigenvalue weighted by Crippen LogP contribution is -2.67. The van der Waals surface area contributed by atoms with Crippen LogP contribution in [0.3, 0.4) is 0 Å². The van der Waals surface area contributed by atoms with Crippen molar-refractivity contribution in [1.82, 2.24) is 0 Å². The molecule has 0 aromatic heterocycles. The minimum absolute atomic E-state index is 0.0370. The van der Waals surface area contributed by atoms with Gasteiger partial charge in [0.1, 0.15) is 110 Å². The first-order valence-electron chi connectivity index (χ1n) is 27.0. The summed E-state index contributed by atoms with van der Waals surface area (Å²) >= 11 is 0. The van der Waals surface area contributed by atoms with E-state index in [0.29, 0.717) is 13.0 Å². The first-order chi connectivity index (χ1) is 36.6. The van der Waals surface area contributed by atoms with Gasteiger partial charge in [-0.3, -0.25) is 0 Å². The van der Waals surface area contributed by atoms with Crippen LogP contribution < -0.4 is 0 Å². The van der Waals surface area contributed by atoms with Crippen LogP contribution >= 0.6 is 0 Å². The third-order valence-electron chi connectivity index (χ3n) is 15.6. The Kier molecular flexibility index (Phi) is 26.1. The maximum atomic E-state index is 11.2. The quantitative estimate of drug-likeness (QED) is 0.0769. The van der Waals surface area contributed by atoms with Crippen molar-refractivity contribution < 1.29 is 139 Å². The van der Waals surface area contributed by atoms with Crippen LogP contribution in [-0.4, -0.2) is 304 Å². The van der Waals surface area contributed by atoms with E-state index in [1.54, 1.807) is 27.7 Å². The zero-order valence-electron chi connectivity index (χ0n) is 45.7. The summed E-state index contributed by atoms with van der Waals surface area (Å²) in [5.41, 5.74) is 0. The van der Waals surface area contributed by atoms with Gasteiger partial charge in [-0.25, -0.2) is 0 Å². The molecular formula is C50H92O28. The van der Waals surface area contributed by atoms with Gasteiger partial charge < -0.3 is 139 Å². The van der Waals surface area contributed by atoms with Crippen LogP contribution in [0.25, 0.3) is 0 Å². The molecule has 7 aliphatic heterocycles. The molecule has 7 saturated heterocycles. The predicted octanol–water partition coefficient (Wildman–Crippen LogP) is -6.72. The standard InChI is InChI=1S/C25H44O18.C16H30O7.C9H18O3/c1-7(2)19-17(35)22(43-24-16(34)13(31)9(29)6-38-24)20(11(4-27)39-19)41-25-18(36)21(14(32)10(3-26)40-25)42-23-15(33)12(30)8(28)5-37-23;1-7(2)10-5-11(15(20)9(4)21-10)22-16-14(19)8(3)13(18)12(6-17)23-16;1-5(2)9-8(11)7(10)6(3)4-12-9/h7-36H,3-6H2,1-2H3;7-20H,5-6H2,1-4H3;5-11H,4H2,1-3H3. The minimum Gasteiger partial charge on any atom is -0.394 e. The van der Waals surface area contributed by atoms with Crippen LogP contribution in [0.4, 0.5) is 0 Å². The summed E-state index contributed by atoms with van der Waals surface area (Å²) in [4.78, 5) is 0. The van der Waals surface area contributed by atoms with Gasteiger partial charge in [0.15, 0.2) is 25.2 Å². The molecule has 7 aliphatic rings. The second kappa shape index (κ2) is 30.1. The molecule has 28 heteroatoms. The van der Waals surface area contributed by atoms with Crippen molar-refractivity contribution in [2.75, 3.05) is 39.6 Å². The molecule has 17 N–H and O–H groups in total. The van der Waals surface area contributed by atoms with Crippen molar-refractivity contribution in [1.29, 1.82) is 0 Å². The molecule has 7 heterocycles. The molecule has 0 amide bonds. The Balaban J connectivity index is 0.000000264. The molecule has 78 heavy (non-hydrogen) atoms. The predicted molar refractivity (Wildman–Crippen MR) is 262 cm³/mol. The van der Waals surface area contributed by atoms with E-state index in [-0.39, 0.29) is 48.6 Å². The topological polar surface area (TPSA) is 445 Å². The molecule has 0 bridgehead atoms. The Morgan fingerprint density at radius 3 is 1.37 bits per heavy atom. The van der Waals surface area contributed by atoms with Gasteiger partial charge in [0, 0.05) is 18.3 Å². The summed E-state index contributed by atoms with van der Waals surface area (Å²) in [7, 11) is 0. The lowest BCUT2D eigenvalue weighted by atomic mass is 9.88. The van der Waals surface area contributed by atoms with Crippen molar-refractivity contribution >= 4 is 0 Å². The molecular weight excluding hydrogens is 1050 g/mol. The number of aliphatic hydroxyl groups is 17. The Morgan fingerprint density at radius 2 is 0.872 bits per heavy atom. The number of aliphatic hydroxyl groups excluding tert-OH is 17. The second-order valence-corrected chi connectivity index (χ2v) is 22.7. The molecule has 0 spiro atoms. The summed E-state index contributed by atoms with van der Waals surface area (Å²) in [6, 6.07) is 0. The Labute approximate surface area is 453 Å². The van der Waals surface area contributed by atoms with E-state index >= 15 is 0 Å². The molecule has 0 aromatic carbocycles. The smallest absolute Gasteiger partial charge is 0.187 e. The normalized spacial score (nSPS) is 49.4. The van der Waals surface area contributed by atoms with E-state index in [2.05, 4.69) is 0 Å². The summed E-state index contributed by atoms with van der Waals surface area (Å²) < 4.78 is 61.9. The third kappa shape index (κ3) is 16.0. The molecule has 0 saturated carbocycles. The van der Waals surface area contributed by atoms with Crippen LogP contribution in [-0.2, 0) is 52.1 Å². The van der Waals surface area contributed by atoms with E-state index in [1.165, 1.54) is 0 Å². The highest BCUT2D eigenvalue weighted by Gasteiger charge is 2.55. The monoisotopic (exact) mass is 1140 g/mol. The lowest BCUT2D eigenvalue weighted by Gasteiger charge is -2.50. The fourth-order valence-electron chi connectivity index (χ4n) is 10.3. The lowest BCUT2D eigenvalue weighted by molar-refractivity contribution is -0.379. The highest BCUT2D eigenvalue weighted by molar-refractivity contribution is 4.99. The maximum absolute atomic E-state index is 11.2. The molecule has 0 radical (unpaired) electrons. The molecule has 7 rings (SSSR count). The van der Waals surface area contributed by atoms with E-state index in [4.69, 9.17) is 52.1 Å². The van der Waals surface area contributed by atoms with Gasteiger partial charge in [0.25, 0.3) is 0 Å². The van der Waals surface area contributed by atoms with Crippen molar-refractivity contribution in [2.45, 2.75) is 246 Å². The third-order valence-corrected chi connectivity index (χ3v) is 15.6. The van der Waals surface area contributed by atoms with Gasteiger partial charge in [0.05, 0.1) is 82.4 Å². The molecule has 0 aromatic rings. The fourth-order valence-corrected chi connectivity index (χ4v) is 10.3. The first-order valence-corrected chi connectivity index (χ1v) is 27.0.